The van der Waals surface area contributed by atoms with Crippen LogP contribution in [-0.2, 0) is 5.41 Å². The monoisotopic (exact) mass is 562 g/mol. The molecule has 0 aromatic heterocycles. The van der Waals surface area contributed by atoms with Crippen LogP contribution in [-0.4, -0.2) is 11.5 Å². The number of hydrogen-bond acceptors (Lipinski definition) is 1. The molecule has 0 amide bonds. The van der Waals surface area contributed by atoms with Gasteiger partial charge in [0.25, 0.3) is 0 Å². The fourth-order valence-corrected chi connectivity index (χ4v) is 7.11. The van der Waals surface area contributed by atoms with Crippen LogP contribution < -0.4 is 0 Å². The Morgan fingerprint density at radius 1 is 0.455 bits per heavy atom. The standard InChI is InChI=1S/C42H30N2/c1-28(30-15-5-3-6-16-30)43-41(44-29(2)31-17-7-4-8-18-31)32-25-26-36-35-21-11-14-24-39(35)42(40(36)27-32)37-22-12-9-19-33(37)34-20-10-13-23-38(34)42/h3-27H,1H2,2H3/b43-41-,44-29+. The topological polar surface area (TPSA) is 24.7 Å². The van der Waals surface area contributed by atoms with Crippen LogP contribution in [0.3, 0.4) is 0 Å². The van der Waals surface area contributed by atoms with Crippen LogP contribution in [0, 0.1) is 0 Å². The molecular weight excluding hydrogens is 532 g/mol. The van der Waals surface area contributed by atoms with Gasteiger partial charge in [-0.05, 0) is 68.6 Å². The molecule has 44 heavy (non-hydrogen) atoms. The number of benzene rings is 6. The minimum absolute atomic E-state index is 0.422. The lowest BCUT2D eigenvalue weighted by molar-refractivity contribution is 0.793. The Hall–Kier alpha value is -5.60. The molecule has 2 aliphatic carbocycles. The molecule has 8 rings (SSSR count). The molecule has 208 valence electrons. The van der Waals surface area contributed by atoms with E-state index in [4.69, 9.17) is 9.98 Å². The summed E-state index contributed by atoms with van der Waals surface area (Å²) in [6, 6.07) is 53.8. The zero-order chi connectivity index (χ0) is 29.7. The predicted octanol–water partition coefficient (Wildman–Crippen LogP) is 9.96. The number of hydrogen-bond donors (Lipinski definition) is 0. The summed E-state index contributed by atoms with van der Waals surface area (Å²) in [5.41, 5.74) is 14.5. The van der Waals surface area contributed by atoms with Gasteiger partial charge in [-0.2, -0.15) is 0 Å². The summed E-state index contributed by atoms with van der Waals surface area (Å²) in [6.45, 7) is 6.39. The summed E-state index contributed by atoms with van der Waals surface area (Å²) in [5, 5.41) is 0. The second-order valence-electron chi connectivity index (χ2n) is 11.5. The predicted molar refractivity (Wildman–Crippen MR) is 183 cm³/mol. The average Bonchev–Trinajstić information content (AvgIpc) is 3.56. The van der Waals surface area contributed by atoms with E-state index in [9.17, 15) is 0 Å². The molecule has 0 fully saturated rings. The van der Waals surface area contributed by atoms with Crippen molar-refractivity contribution in [2.75, 3.05) is 0 Å². The highest BCUT2D eigenvalue weighted by Crippen LogP contribution is 2.62. The Labute approximate surface area is 258 Å². The second-order valence-corrected chi connectivity index (χ2v) is 11.5. The van der Waals surface area contributed by atoms with E-state index in [2.05, 4.69) is 110 Å². The lowest BCUT2D eigenvalue weighted by atomic mass is 9.70. The molecule has 2 heteroatoms. The highest BCUT2D eigenvalue weighted by atomic mass is 14.9. The van der Waals surface area contributed by atoms with E-state index in [1.54, 1.807) is 0 Å². The van der Waals surface area contributed by atoms with Crippen molar-refractivity contribution >= 4 is 17.2 Å². The minimum atomic E-state index is -0.422. The van der Waals surface area contributed by atoms with Crippen molar-refractivity contribution in [3.63, 3.8) is 0 Å². The number of nitrogens with zero attached hydrogens (tertiary/aromatic N) is 2. The Morgan fingerprint density at radius 2 is 0.909 bits per heavy atom. The molecular formula is C42H30N2. The summed E-state index contributed by atoms with van der Waals surface area (Å²) in [7, 11) is 0. The van der Waals surface area contributed by atoms with Crippen molar-refractivity contribution in [3.05, 3.63) is 197 Å². The molecule has 0 saturated heterocycles. The van der Waals surface area contributed by atoms with Crippen LogP contribution in [0.2, 0.25) is 0 Å². The van der Waals surface area contributed by atoms with Gasteiger partial charge in [-0.15, -0.1) is 0 Å². The van der Waals surface area contributed by atoms with Gasteiger partial charge >= 0.3 is 0 Å². The number of aliphatic imine (C=N–C) groups is 2. The molecule has 2 nitrogen and oxygen atoms in total. The number of rotatable bonds is 4. The van der Waals surface area contributed by atoms with Gasteiger partial charge in [-0.3, -0.25) is 0 Å². The minimum Gasteiger partial charge on any atom is -0.233 e. The summed E-state index contributed by atoms with van der Waals surface area (Å²) in [6.07, 6.45) is 0. The molecule has 0 atom stereocenters. The Bertz CT molecular complexity index is 2070. The summed E-state index contributed by atoms with van der Waals surface area (Å²) < 4.78 is 0. The van der Waals surface area contributed by atoms with Crippen molar-refractivity contribution in [2.24, 2.45) is 9.98 Å². The first-order chi connectivity index (χ1) is 21.7. The molecule has 0 aliphatic heterocycles. The highest BCUT2D eigenvalue weighted by Gasteiger charge is 2.51. The maximum atomic E-state index is 5.17. The van der Waals surface area contributed by atoms with E-state index < -0.39 is 5.41 Å². The van der Waals surface area contributed by atoms with Crippen LogP contribution >= 0.6 is 0 Å². The first-order valence-corrected chi connectivity index (χ1v) is 15.0. The number of amidine groups is 1. The van der Waals surface area contributed by atoms with Crippen LogP contribution in [0.15, 0.2) is 168 Å². The fraction of sp³-hybridized carbons (Fsp3) is 0.0476. The maximum absolute atomic E-state index is 5.17. The summed E-state index contributed by atoms with van der Waals surface area (Å²) in [5.74, 6) is 0.647. The zero-order valence-electron chi connectivity index (χ0n) is 24.5. The Kier molecular flexibility index (Phi) is 6.09. The molecule has 6 aromatic carbocycles. The van der Waals surface area contributed by atoms with Crippen molar-refractivity contribution in [1.82, 2.24) is 0 Å². The third-order valence-electron chi connectivity index (χ3n) is 9.07. The highest BCUT2D eigenvalue weighted by molar-refractivity contribution is 6.13. The van der Waals surface area contributed by atoms with Crippen LogP contribution in [0.4, 0.5) is 0 Å². The van der Waals surface area contributed by atoms with Crippen molar-refractivity contribution < 1.29 is 0 Å². The van der Waals surface area contributed by atoms with Crippen LogP contribution in [0.5, 0.6) is 0 Å². The molecule has 0 saturated carbocycles. The largest absolute Gasteiger partial charge is 0.233 e. The van der Waals surface area contributed by atoms with Gasteiger partial charge in [0.1, 0.15) is 0 Å². The van der Waals surface area contributed by atoms with Gasteiger partial charge in [0.05, 0.1) is 11.1 Å². The number of fused-ring (bicyclic) bond motifs is 10. The van der Waals surface area contributed by atoms with Gasteiger partial charge in [0.2, 0.25) is 0 Å². The quantitative estimate of drug-likeness (QED) is 0.151. The zero-order valence-corrected chi connectivity index (χ0v) is 24.5. The van der Waals surface area contributed by atoms with E-state index in [-0.39, 0.29) is 0 Å². The van der Waals surface area contributed by atoms with E-state index >= 15 is 0 Å². The second kappa shape index (κ2) is 10.3. The van der Waals surface area contributed by atoms with E-state index in [0.29, 0.717) is 11.5 Å². The molecule has 2 aliphatic rings. The van der Waals surface area contributed by atoms with Crippen molar-refractivity contribution in [3.8, 4) is 22.3 Å². The van der Waals surface area contributed by atoms with Gasteiger partial charge in [0.15, 0.2) is 5.84 Å². The molecule has 0 N–H and O–H groups in total. The molecule has 0 radical (unpaired) electrons. The summed E-state index contributed by atoms with van der Waals surface area (Å²) in [4.78, 5) is 10.3. The molecule has 1 spiro atoms. The first kappa shape index (κ1) is 26.1. The maximum Gasteiger partial charge on any atom is 0.160 e. The lowest BCUT2D eigenvalue weighted by Crippen LogP contribution is -2.26. The Balaban J connectivity index is 1.39. The van der Waals surface area contributed by atoms with Gasteiger partial charge < -0.3 is 0 Å². The van der Waals surface area contributed by atoms with E-state index in [0.717, 1.165) is 22.4 Å². The smallest absolute Gasteiger partial charge is 0.160 e. The van der Waals surface area contributed by atoms with Gasteiger partial charge in [-0.1, -0.05) is 152 Å². The lowest BCUT2D eigenvalue weighted by Gasteiger charge is -2.30. The third-order valence-corrected chi connectivity index (χ3v) is 9.07. The third kappa shape index (κ3) is 3.88. The Morgan fingerprint density at radius 3 is 1.45 bits per heavy atom. The van der Waals surface area contributed by atoms with E-state index in [1.165, 1.54) is 44.5 Å². The normalized spacial score (nSPS) is 14.1. The average molecular weight is 563 g/mol. The summed E-state index contributed by atoms with van der Waals surface area (Å²) >= 11 is 0. The molecule has 6 aromatic rings. The fourth-order valence-electron chi connectivity index (χ4n) is 7.11. The van der Waals surface area contributed by atoms with Crippen LogP contribution in [0.25, 0.3) is 28.0 Å². The van der Waals surface area contributed by atoms with Gasteiger partial charge in [-0.25, -0.2) is 9.98 Å². The first-order valence-electron chi connectivity index (χ1n) is 15.0. The molecule has 0 bridgehead atoms. The van der Waals surface area contributed by atoms with Gasteiger partial charge in [0, 0.05) is 11.3 Å². The SMILES string of the molecule is C=C(/N=C(\N=C(/C)c1ccccc1)c1ccc2c(c1)C1(c3ccccc3-c3ccccc31)c1ccccc1-2)c1ccccc1. The molecule has 0 unspecified atom stereocenters. The molecule has 0 heterocycles. The van der Waals surface area contributed by atoms with E-state index in [1.807, 2.05) is 55.5 Å². The van der Waals surface area contributed by atoms with Crippen molar-refractivity contribution in [1.29, 1.82) is 0 Å². The van der Waals surface area contributed by atoms with Crippen LogP contribution in [0.1, 0.15) is 45.9 Å². The van der Waals surface area contributed by atoms with Crippen molar-refractivity contribution in [2.45, 2.75) is 12.3 Å².